The first-order valence-electron chi connectivity index (χ1n) is 6.24. The molecule has 0 spiro atoms. The van der Waals surface area contributed by atoms with Gasteiger partial charge in [0.15, 0.2) is 0 Å². The topological polar surface area (TPSA) is 48.1 Å². The number of hydrogen-bond donors (Lipinski definition) is 1. The molecule has 0 saturated heterocycles. The number of nitrogens with zero attached hydrogens (tertiary/aromatic N) is 1. The lowest BCUT2D eigenvalue weighted by Gasteiger charge is -2.17. The predicted molar refractivity (Wildman–Crippen MR) is 70.4 cm³/mol. The maximum absolute atomic E-state index is 12.7. The quantitative estimate of drug-likeness (QED) is 0.834. The molecule has 2 rings (SSSR count). The molecular formula is C14H14F4N2O. The van der Waals surface area contributed by atoms with E-state index in [-0.39, 0.29) is 6.61 Å². The van der Waals surface area contributed by atoms with Crippen molar-refractivity contribution < 1.29 is 22.3 Å². The Balaban J connectivity index is 1.97. The van der Waals surface area contributed by atoms with E-state index in [1.807, 2.05) is 24.3 Å². The Labute approximate surface area is 118 Å². The number of ether oxygens (including phenoxy) is 1. The molecule has 7 heteroatoms. The second kappa shape index (κ2) is 6.36. The molecule has 21 heavy (non-hydrogen) atoms. The lowest BCUT2D eigenvalue weighted by molar-refractivity contribution is -0.166. The number of pyridine rings is 1. The van der Waals surface area contributed by atoms with E-state index in [0.717, 1.165) is 10.9 Å². The summed E-state index contributed by atoms with van der Waals surface area (Å²) in [5.41, 5.74) is 7.16. The van der Waals surface area contributed by atoms with Crippen LogP contribution in [0.4, 0.5) is 17.6 Å². The van der Waals surface area contributed by atoms with Gasteiger partial charge < -0.3 is 10.5 Å². The molecule has 1 aromatic heterocycles. The van der Waals surface area contributed by atoms with Gasteiger partial charge in [0, 0.05) is 11.6 Å². The highest BCUT2D eigenvalue weighted by molar-refractivity contribution is 5.78. The fraction of sp³-hybridized carbons (Fsp3) is 0.357. The van der Waals surface area contributed by atoms with E-state index in [4.69, 9.17) is 5.73 Å². The zero-order valence-electron chi connectivity index (χ0n) is 11.0. The molecule has 0 radical (unpaired) electrons. The van der Waals surface area contributed by atoms with Gasteiger partial charge in [-0.05, 0) is 17.7 Å². The Kier molecular flexibility index (Phi) is 4.74. The molecular weight excluding hydrogens is 288 g/mol. The van der Waals surface area contributed by atoms with E-state index < -0.39 is 25.0 Å². The molecule has 0 saturated carbocycles. The van der Waals surface area contributed by atoms with Crippen LogP contribution in [-0.2, 0) is 4.74 Å². The number of hydrogen-bond acceptors (Lipinski definition) is 3. The molecule has 2 N–H and O–H groups in total. The average Bonchev–Trinajstić information content (AvgIpc) is 2.46. The lowest BCUT2D eigenvalue weighted by atomic mass is 10.1. The van der Waals surface area contributed by atoms with Gasteiger partial charge in [-0.1, -0.05) is 18.2 Å². The molecule has 1 aromatic carbocycles. The third-order valence-electron chi connectivity index (χ3n) is 2.95. The third kappa shape index (κ3) is 3.89. The van der Waals surface area contributed by atoms with Crippen molar-refractivity contribution in [1.82, 2.24) is 4.98 Å². The van der Waals surface area contributed by atoms with Gasteiger partial charge in [-0.3, -0.25) is 4.98 Å². The van der Waals surface area contributed by atoms with E-state index in [1.54, 1.807) is 6.07 Å². The number of alkyl halides is 4. The summed E-state index contributed by atoms with van der Waals surface area (Å²) in [6.45, 7) is -1.65. The van der Waals surface area contributed by atoms with Crippen LogP contribution in [0.15, 0.2) is 36.5 Å². The first-order valence-corrected chi connectivity index (χ1v) is 6.24. The third-order valence-corrected chi connectivity index (χ3v) is 2.95. The first-order chi connectivity index (χ1) is 9.90. The van der Waals surface area contributed by atoms with Gasteiger partial charge in [0.25, 0.3) is 0 Å². The van der Waals surface area contributed by atoms with Crippen LogP contribution in [0.1, 0.15) is 11.6 Å². The molecule has 0 aliphatic heterocycles. The molecule has 0 aliphatic rings. The van der Waals surface area contributed by atoms with Gasteiger partial charge >= 0.3 is 12.3 Å². The van der Waals surface area contributed by atoms with E-state index in [1.165, 1.54) is 6.20 Å². The van der Waals surface area contributed by atoms with Gasteiger partial charge in [-0.15, -0.1) is 0 Å². The second-order valence-corrected chi connectivity index (χ2v) is 4.64. The largest absolute Gasteiger partial charge is 0.373 e. The van der Waals surface area contributed by atoms with Crippen molar-refractivity contribution in [1.29, 1.82) is 0 Å². The average molecular weight is 302 g/mol. The molecule has 0 aliphatic carbocycles. The SMILES string of the molecule is NC(COCC(F)(F)C(F)F)c1cnc2ccccc2c1. The number of benzene rings is 1. The number of nitrogens with two attached hydrogens (primary N) is 1. The van der Waals surface area contributed by atoms with Crippen LogP contribution in [0.3, 0.4) is 0 Å². The normalized spacial score (nSPS) is 13.8. The molecule has 1 atom stereocenters. The Morgan fingerprint density at radius 1 is 1.24 bits per heavy atom. The Morgan fingerprint density at radius 2 is 1.95 bits per heavy atom. The van der Waals surface area contributed by atoms with Crippen LogP contribution in [-0.4, -0.2) is 30.5 Å². The van der Waals surface area contributed by atoms with E-state index in [9.17, 15) is 17.6 Å². The predicted octanol–water partition coefficient (Wildman–Crippen LogP) is 3.15. The van der Waals surface area contributed by atoms with Crippen LogP contribution in [0, 0.1) is 0 Å². The molecule has 0 amide bonds. The molecule has 0 fully saturated rings. The number of para-hydroxylation sites is 1. The Morgan fingerprint density at radius 3 is 2.67 bits per heavy atom. The minimum absolute atomic E-state index is 0.289. The summed E-state index contributed by atoms with van der Waals surface area (Å²) in [5.74, 6) is -4.17. The van der Waals surface area contributed by atoms with Crippen molar-refractivity contribution >= 4 is 10.9 Å². The van der Waals surface area contributed by atoms with Gasteiger partial charge in [0.2, 0.25) is 0 Å². The van der Waals surface area contributed by atoms with Crippen molar-refractivity contribution in [2.45, 2.75) is 18.4 Å². The van der Waals surface area contributed by atoms with Crippen LogP contribution < -0.4 is 5.73 Å². The summed E-state index contributed by atoms with van der Waals surface area (Å²) in [6, 6.07) is 8.38. The van der Waals surface area contributed by atoms with E-state index in [2.05, 4.69) is 9.72 Å². The summed E-state index contributed by atoms with van der Waals surface area (Å²) in [5, 5.41) is 0.850. The molecule has 0 bridgehead atoms. The van der Waals surface area contributed by atoms with Crippen LogP contribution in [0.2, 0.25) is 0 Å². The molecule has 1 unspecified atom stereocenters. The lowest BCUT2D eigenvalue weighted by Crippen LogP contribution is -2.33. The maximum atomic E-state index is 12.7. The zero-order chi connectivity index (χ0) is 15.5. The monoisotopic (exact) mass is 302 g/mol. The molecule has 2 aromatic rings. The van der Waals surface area contributed by atoms with Crippen molar-refractivity contribution in [3.63, 3.8) is 0 Å². The fourth-order valence-corrected chi connectivity index (χ4v) is 1.77. The van der Waals surface area contributed by atoms with Crippen molar-refractivity contribution in [2.24, 2.45) is 5.73 Å². The summed E-state index contributed by atoms with van der Waals surface area (Å²) in [6.07, 6.45) is -2.24. The van der Waals surface area contributed by atoms with Gasteiger partial charge in [0.1, 0.15) is 6.61 Å². The summed E-state index contributed by atoms with van der Waals surface area (Å²) in [7, 11) is 0. The standard InChI is InChI=1S/C14H14F4N2O/c15-13(16)14(17,18)8-21-7-11(19)10-5-9-3-1-2-4-12(9)20-6-10/h1-6,11,13H,7-8,19H2. The van der Waals surface area contributed by atoms with Gasteiger partial charge in [-0.2, -0.15) is 8.78 Å². The molecule has 1 heterocycles. The summed E-state index contributed by atoms with van der Waals surface area (Å²) in [4.78, 5) is 4.18. The highest BCUT2D eigenvalue weighted by Gasteiger charge is 2.41. The number of fused-ring (bicyclic) bond motifs is 1. The number of rotatable bonds is 6. The van der Waals surface area contributed by atoms with Crippen molar-refractivity contribution in [3.8, 4) is 0 Å². The minimum atomic E-state index is -4.17. The minimum Gasteiger partial charge on any atom is -0.373 e. The number of halogens is 4. The van der Waals surface area contributed by atoms with Gasteiger partial charge in [0.05, 0.1) is 18.2 Å². The highest BCUT2D eigenvalue weighted by atomic mass is 19.3. The Hall–Kier alpha value is -1.73. The van der Waals surface area contributed by atoms with E-state index >= 15 is 0 Å². The van der Waals surface area contributed by atoms with E-state index in [0.29, 0.717) is 5.56 Å². The maximum Gasteiger partial charge on any atom is 0.330 e. The van der Waals surface area contributed by atoms with Gasteiger partial charge in [-0.25, -0.2) is 8.78 Å². The number of aromatic nitrogens is 1. The van der Waals surface area contributed by atoms with Crippen molar-refractivity contribution in [2.75, 3.05) is 13.2 Å². The van der Waals surface area contributed by atoms with Crippen LogP contribution in [0.5, 0.6) is 0 Å². The van der Waals surface area contributed by atoms with Crippen LogP contribution >= 0.6 is 0 Å². The first kappa shape index (κ1) is 15.7. The van der Waals surface area contributed by atoms with Crippen LogP contribution in [0.25, 0.3) is 10.9 Å². The smallest absolute Gasteiger partial charge is 0.330 e. The highest BCUT2D eigenvalue weighted by Crippen LogP contribution is 2.23. The van der Waals surface area contributed by atoms with Crippen molar-refractivity contribution in [3.05, 3.63) is 42.1 Å². The fourth-order valence-electron chi connectivity index (χ4n) is 1.77. The second-order valence-electron chi connectivity index (χ2n) is 4.64. The Bertz CT molecular complexity index is 606. The zero-order valence-corrected chi connectivity index (χ0v) is 11.0. The molecule has 114 valence electrons. The summed E-state index contributed by atoms with van der Waals surface area (Å²) < 4.78 is 53.9. The summed E-state index contributed by atoms with van der Waals surface area (Å²) >= 11 is 0. The molecule has 3 nitrogen and oxygen atoms in total.